The van der Waals surface area contributed by atoms with Crippen LogP contribution in [0, 0.1) is 5.92 Å². The Hall–Kier alpha value is -1.30. The van der Waals surface area contributed by atoms with Gasteiger partial charge in [0.2, 0.25) is 5.91 Å². The monoisotopic (exact) mass is 405 g/mol. The van der Waals surface area contributed by atoms with E-state index < -0.39 is 0 Å². The van der Waals surface area contributed by atoms with Crippen molar-refractivity contribution in [3.05, 3.63) is 0 Å². The van der Waals surface area contributed by atoms with E-state index in [1.807, 2.05) is 18.7 Å². The first kappa shape index (κ1) is 22.4. The Bertz CT molecular complexity index is 549. The fourth-order valence-electron chi connectivity index (χ4n) is 5.34. The molecule has 1 atom stereocenters. The number of guanidine groups is 1. The molecule has 1 unspecified atom stereocenters. The molecule has 2 heterocycles. The standard InChI is InChI=1S/C23H43N5O/c1-4-24-22(26-20-11-16-27(17-20)21(29)19(2)3)25-18-23(12-7-5-8-13-23)28-14-9-6-10-15-28/h19-20H,4-18H2,1-3H3,(H2,24,25,26). The van der Waals surface area contributed by atoms with Gasteiger partial charge in [-0.2, -0.15) is 0 Å². The molecule has 6 heteroatoms. The van der Waals surface area contributed by atoms with Gasteiger partial charge in [-0.15, -0.1) is 0 Å². The number of amides is 1. The molecule has 1 aliphatic carbocycles. The maximum absolute atomic E-state index is 12.3. The van der Waals surface area contributed by atoms with Crippen molar-refractivity contribution in [2.45, 2.75) is 90.1 Å². The second-order valence-corrected chi connectivity index (χ2v) is 9.60. The summed E-state index contributed by atoms with van der Waals surface area (Å²) in [7, 11) is 0. The maximum Gasteiger partial charge on any atom is 0.225 e. The molecule has 3 aliphatic rings. The molecule has 2 aliphatic heterocycles. The third-order valence-electron chi connectivity index (χ3n) is 7.02. The number of rotatable bonds is 6. The second-order valence-electron chi connectivity index (χ2n) is 9.60. The van der Waals surface area contributed by atoms with Gasteiger partial charge in [-0.25, -0.2) is 0 Å². The Balaban J connectivity index is 1.63. The molecule has 3 fully saturated rings. The highest BCUT2D eigenvalue weighted by Gasteiger charge is 2.38. The number of hydrogen-bond donors (Lipinski definition) is 2. The molecule has 6 nitrogen and oxygen atoms in total. The molecule has 0 aromatic carbocycles. The zero-order chi connectivity index (χ0) is 20.7. The first-order valence-corrected chi connectivity index (χ1v) is 12.1. The molecule has 3 rings (SSSR count). The van der Waals surface area contributed by atoms with E-state index in [0.29, 0.717) is 6.04 Å². The van der Waals surface area contributed by atoms with Gasteiger partial charge in [0.15, 0.2) is 5.96 Å². The number of carbonyl (C=O) groups excluding carboxylic acids is 1. The number of nitrogens with one attached hydrogen (secondary N) is 2. The number of carbonyl (C=O) groups is 1. The summed E-state index contributed by atoms with van der Waals surface area (Å²) in [5.74, 6) is 1.27. The average Bonchev–Trinajstić information content (AvgIpc) is 3.21. The molecular formula is C23H43N5O. The van der Waals surface area contributed by atoms with Crippen LogP contribution >= 0.6 is 0 Å². The Morgan fingerprint density at radius 2 is 1.76 bits per heavy atom. The van der Waals surface area contributed by atoms with E-state index in [1.54, 1.807) is 0 Å². The van der Waals surface area contributed by atoms with Crippen molar-refractivity contribution in [3.63, 3.8) is 0 Å². The van der Waals surface area contributed by atoms with Gasteiger partial charge in [-0.1, -0.05) is 39.5 Å². The van der Waals surface area contributed by atoms with E-state index in [9.17, 15) is 4.79 Å². The number of nitrogens with zero attached hydrogens (tertiary/aromatic N) is 3. The summed E-state index contributed by atoms with van der Waals surface area (Å²) in [5.41, 5.74) is 0.260. The van der Waals surface area contributed by atoms with Crippen LogP contribution in [0.1, 0.15) is 78.6 Å². The van der Waals surface area contributed by atoms with Crippen LogP contribution in [0.15, 0.2) is 4.99 Å². The van der Waals surface area contributed by atoms with Gasteiger partial charge in [-0.3, -0.25) is 14.7 Å². The molecule has 0 spiro atoms. The van der Waals surface area contributed by atoms with E-state index in [4.69, 9.17) is 4.99 Å². The van der Waals surface area contributed by atoms with Crippen molar-refractivity contribution in [1.82, 2.24) is 20.4 Å². The van der Waals surface area contributed by atoms with Crippen molar-refractivity contribution in [3.8, 4) is 0 Å². The average molecular weight is 406 g/mol. The zero-order valence-corrected chi connectivity index (χ0v) is 19.0. The van der Waals surface area contributed by atoms with Gasteiger partial charge in [0.05, 0.1) is 6.54 Å². The first-order chi connectivity index (χ1) is 14.0. The fourth-order valence-corrected chi connectivity index (χ4v) is 5.34. The molecule has 1 amide bonds. The van der Waals surface area contributed by atoms with E-state index >= 15 is 0 Å². The predicted octanol–water partition coefficient (Wildman–Crippen LogP) is 2.99. The summed E-state index contributed by atoms with van der Waals surface area (Å²) in [6.45, 7) is 12.0. The molecule has 0 radical (unpaired) electrons. The molecular weight excluding hydrogens is 362 g/mol. The van der Waals surface area contributed by atoms with Gasteiger partial charge < -0.3 is 15.5 Å². The highest BCUT2D eigenvalue weighted by Crippen LogP contribution is 2.35. The summed E-state index contributed by atoms with van der Waals surface area (Å²) < 4.78 is 0. The van der Waals surface area contributed by atoms with E-state index in [2.05, 4.69) is 22.5 Å². The summed E-state index contributed by atoms with van der Waals surface area (Å²) >= 11 is 0. The molecule has 1 saturated carbocycles. The Morgan fingerprint density at radius 3 is 2.41 bits per heavy atom. The van der Waals surface area contributed by atoms with Gasteiger partial charge in [0.25, 0.3) is 0 Å². The third kappa shape index (κ3) is 5.87. The normalized spacial score (nSPS) is 26.0. The SMILES string of the molecule is CCNC(=NCC1(N2CCCCC2)CCCCC1)NC1CCN(C(=O)C(C)C)C1. The lowest BCUT2D eigenvalue weighted by molar-refractivity contribution is -0.133. The van der Waals surface area contributed by atoms with E-state index in [1.165, 1.54) is 64.5 Å². The topological polar surface area (TPSA) is 60.0 Å². The first-order valence-electron chi connectivity index (χ1n) is 12.1. The quantitative estimate of drug-likeness (QED) is 0.527. The fraction of sp³-hybridized carbons (Fsp3) is 0.913. The van der Waals surface area contributed by atoms with Crippen LogP contribution in [-0.2, 0) is 4.79 Å². The van der Waals surface area contributed by atoms with Crippen LogP contribution in [0.4, 0.5) is 0 Å². The summed E-state index contributed by atoms with van der Waals surface area (Å²) in [5, 5.41) is 7.08. The largest absolute Gasteiger partial charge is 0.357 e. The maximum atomic E-state index is 12.3. The van der Waals surface area contributed by atoms with Crippen LogP contribution in [0.2, 0.25) is 0 Å². The predicted molar refractivity (Wildman–Crippen MR) is 120 cm³/mol. The van der Waals surface area contributed by atoms with Crippen LogP contribution < -0.4 is 10.6 Å². The van der Waals surface area contributed by atoms with Crippen LogP contribution in [-0.4, -0.2) is 72.5 Å². The van der Waals surface area contributed by atoms with E-state index in [0.717, 1.165) is 38.6 Å². The third-order valence-corrected chi connectivity index (χ3v) is 7.02. The van der Waals surface area contributed by atoms with Crippen molar-refractivity contribution < 1.29 is 4.79 Å². The van der Waals surface area contributed by atoms with Gasteiger partial charge in [-0.05, 0) is 52.1 Å². The molecule has 0 aromatic heterocycles. The number of aliphatic imine (C=N–C) groups is 1. The summed E-state index contributed by atoms with van der Waals surface area (Å²) in [6.07, 6.45) is 11.7. The number of piperidine rings is 1. The lowest BCUT2D eigenvalue weighted by atomic mass is 9.79. The highest BCUT2D eigenvalue weighted by molar-refractivity contribution is 5.81. The molecule has 2 N–H and O–H groups in total. The van der Waals surface area contributed by atoms with Crippen LogP contribution in [0.3, 0.4) is 0 Å². The molecule has 166 valence electrons. The highest BCUT2D eigenvalue weighted by atomic mass is 16.2. The van der Waals surface area contributed by atoms with Crippen LogP contribution in [0.25, 0.3) is 0 Å². The second kappa shape index (κ2) is 10.6. The lowest BCUT2D eigenvalue weighted by Crippen LogP contribution is -2.55. The Kier molecular flexibility index (Phi) is 8.22. The summed E-state index contributed by atoms with van der Waals surface area (Å²) in [6, 6.07) is 0.299. The van der Waals surface area contributed by atoms with Crippen molar-refractivity contribution in [1.29, 1.82) is 0 Å². The van der Waals surface area contributed by atoms with Crippen molar-refractivity contribution in [2.75, 3.05) is 39.3 Å². The van der Waals surface area contributed by atoms with Gasteiger partial charge >= 0.3 is 0 Å². The summed E-state index contributed by atoms with van der Waals surface area (Å²) in [4.78, 5) is 22.2. The molecule has 29 heavy (non-hydrogen) atoms. The van der Waals surface area contributed by atoms with Gasteiger partial charge in [0.1, 0.15) is 0 Å². The molecule has 0 bridgehead atoms. The number of likely N-dealkylation sites (tertiary alicyclic amines) is 2. The minimum Gasteiger partial charge on any atom is -0.357 e. The minimum absolute atomic E-state index is 0.0753. The van der Waals surface area contributed by atoms with Gasteiger partial charge in [0, 0.05) is 37.1 Å². The smallest absolute Gasteiger partial charge is 0.225 e. The lowest BCUT2D eigenvalue weighted by Gasteiger charge is -2.47. The minimum atomic E-state index is 0.0753. The molecule has 0 aromatic rings. The van der Waals surface area contributed by atoms with E-state index in [-0.39, 0.29) is 17.4 Å². The molecule has 2 saturated heterocycles. The zero-order valence-electron chi connectivity index (χ0n) is 19.0. The van der Waals surface area contributed by atoms with Crippen molar-refractivity contribution in [2.24, 2.45) is 10.9 Å². The van der Waals surface area contributed by atoms with Crippen molar-refractivity contribution >= 4 is 11.9 Å². The Morgan fingerprint density at radius 1 is 1.07 bits per heavy atom. The van der Waals surface area contributed by atoms with Crippen LogP contribution in [0.5, 0.6) is 0 Å². The Labute approximate surface area is 177 Å². The number of hydrogen-bond acceptors (Lipinski definition) is 3.